The molecule has 0 aliphatic rings. The maximum Gasteiger partial charge on any atom is 0.320 e. The van der Waals surface area contributed by atoms with Crippen LogP contribution in [0.1, 0.15) is 13.3 Å². The molecule has 100 valence electrons. The fourth-order valence-corrected chi connectivity index (χ4v) is 1.42. The van der Waals surface area contributed by atoms with Crippen LogP contribution in [-0.2, 0) is 4.79 Å². The second-order valence-corrected chi connectivity index (χ2v) is 3.66. The van der Waals surface area contributed by atoms with Crippen molar-refractivity contribution in [2.24, 2.45) is 0 Å². The molecule has 0 saturated heterocycles. The molecule has 2 N–H and O–H groups in total. The Hall–Kier alpha value is -1.69. The Morgan fingerprint density at radius 3 is 2.72 bits per heavy atom. The third-order valence-electron chi connectivity index (χ3n) is 2.31. The Morgan fingerprint density at radius 2 is 2.17 bits per heavy atom. The van der Waals surface area contributed by atoms with Crippen LogP contribution in [0.5, 0.6) is 5.75 Å². The van der Waals surface area contributed by atoms with Crippen molar-refractivity contribution in [2.75, 3.05) is 13.2 Å². The number of rotatable bonds is 7. The molecule has 0 saturated carbocycles. The second kappa shape index (κ2) is 6.90. The van der Waals surface area contributed by atoms with Gasteiger partial charge in [0.25, 0.3) is 0 Å². The van der Waals surface area contributed by atoms with Gasteiger partial charge in [-0.25, -0.2) is 8.78 Å². The molecule has 1 unspecified atom stereocenters. The van der Waals surface area contributed by atoms with Crippen molar-refractivity contribution in [1.29, 1.82) is 0 Å². The van der Waals surface area contributed by atoms with Gasteiger partial charge in [-0.15, -0.1) is 0 Å². The highest BCUT2D eigenvalue weighted by Gasteiger charge is 2.15. The van der Waals surface area contributed by atoms with Gasteiger partial charge in [-0.2, -0.15) is 0 Å². The molecule has 0 fully saturated rings. The third-order valence-corrected chi connectivity index (χ3v) is 2.31. The number of likely N-dealkylation sites (N-methyl/N-ethyl adjacent to an activating group) is 1. The van der Waals surface area contributed by atoms with Crippen LogP contribution in [-0.4, -0.2) is 30.3 Å². The van der Waals surface area contributed by atoms with Gasteiger partial charge in [0.2, 0.25) is 0 Å². The number of carboxylic acids is 1. The van der Waals surface area contributed by atoms with Crippen LogP contribution < -0.4 is 10.1 Å². The molecule has 18 heavy (non-hydrogen) atoms. The SMILES string of the molecule is CCNC(CCOc1ccc(F)c(F)c1)C(=O)O. The predicted octanol–water partition coefficient (Wildman–Crippen LogP) is 1.80. The molecule has 1 aromatic carbocycles. The van der Waals surface area contributed by atoms with E-state index < -0.39 is 23.6 Å². The molecule has 0 heterocycles. The number of hydrogen-bond acceptors (Lipinski definition) is 3. The summed E-state index contributed by atoms with van der Waals surface area (Å²) in [5.74, 6) is -2.73. The smallest absolute Gasteiger partial charge is 0.320 e. The summed E-state index contributed by atoms with van der Waals surface area (Å²) in [6.07, 6.45) is 0.238. The van der Waals surface area contributed by atoms with Gasteiger partial charge in [-0.05, 0) is 18.7 Å². The third kappa shape index (κ3) is 4.29. The first-order valence-corrected chi connectivity index (χ1v) is 5.58. The number of benzene rings is 1. The van der Waals surface area contributed by atoms with E-state index in [0.717, 1.165) is 12.1 Å². The standard InChI is InChI=1S/C12H15F2NO3/c1-2-15-11(12(16)17)5-6-18-8-3-4-9(13)10(14)7-8/h3-4,7,11,15H,2,5-6H2,1H3,(H,16,17). The average Bonchev–Trinajstić information content (AvgIpc) is 2.32. The molecular weight excluding hydrogens is 244 g/mol. The Balaban J connectivity index is 2.44. The van der Waals surface area contributed by atoms with Crippen molar-refractivity contribution in [3.63, 3.8) is 0 Å². The lowest BCUT2D eigenvalue weighted by atomic mass is 10.2. The average molecular weight is 259 g/mol. The molecule has 1 atom stereocenters. The molecule has 0 aliphatic heterocycles. The molecule has 0 spiro atoms. The highest BCUT2D eigenvalue weighted by Crippen LogP contribution is 2.15. The largest absolute Gasteiger partial charge is 0.493 e. The van der Waals surface area contributed by atoms with E-state index in [1.165, 1.54) is 6.07 Å². The fourth-order valence-electron chi connectivity index (χ4n) is 1.42. The molecule has 1 aromatic rings. The molecule has 0 aliphatic carbocycles. The van der Waals surface area contributed by atoms with Crippen molar-refractivity contribution in [3.05, 3.63) is 29.8 Å². The highest BCUT2D eigenvalue weighted by atomic mass is 19.2. The summed E-state index contributed by atoms with van der Waals surface area (Å²) in [6.45, 7) is 2.43. The molecule has 0 bridgehead atoms. The number of aliphatic carboxylic acids is 1. The summed E-state index contributed by atoms with van der Waals surface area (Å²) >= 11 is 0. The molecular formula is C12H15F2NO3. The van der Waals surface area contributed by atoms with Crippen molar-refractivity contribution in [2.45, 2.75) is 19.4 Å². The van der Waals surface area contributed by atoms with Crippen LogP contribution in [0.3, 0.4) is 0 Å². The van der Waals surface area contributed by atoms with Gasteiger partial charge >= 0.3 is 5.97 Å². The summed E-state index contributed by atoms with van der Waals surface area (Å²) < 4.78 is 30.6. The first kappa shape index (κ1) is 14.4. The minimum atomic E-state index is -0.992. The molecule has 0 radical (unpaired) electrons. The number of halogens is 2. The van der Waals surface area contributed by atoms with E-state index in [9.17, 15) is 13.6 Å². The summed E-state index contributed by atoms with van der Waals surface area (Å²) in [4.78, 5) is 10.8. The molecule has 1 rings (SSSR count). The van der Waals surface area contributed by atoms with Crippen LogP contribution in [0.4, 0.5) is 8.78 Å². The Bertz CT molecular complexity index is 412. The molecule has 0 aromatic heterocycles. The van der Waals surface area contributed by atoms with Gasteiger partial charge in [-0.3, -0.25) is 4.79 Å². The lowest BCUT2D eigenvalue weighted by Crippen LogP contribution is -2.37. The minimum Gasteiger partial charge on any atom is -0.493 e. The Morgan fingerprint density at radius 1 is 1.44 bits per heavy atom. The lowest BCUT2D eigenvalue weighted by molar-refractivity contribution is -0.139. The Kier molecular flexibility index (Phi) is 5.51. The van der Waals surface area contributed by atoms with E-state index in [1.54, 1.807) is 6.92 Å². The maximum atomic E-state index is 12.9. The summed E-state index contributed by atoms with van der Waals surface area (Å²) in [5, 5.41) is 11.6. The van der Waals surface area contributed by atoms with E-state index in [0.29, 0.717) is 6.54 Å². The van der Waals surface area contributed by atoms with Gasteiger partial charge in [0.1, 0.15) is 11.8 Å². The van der Waals surface area contributed by atoms with Crippen LogP contribution in [0.15, 0.2) is 18.2 Å². The maximum absolute atomic E-state index is 12.9. The molecule has 6 heteroatoms. The van der Waals surface area contributed by atoms with Crippen molar-refractivity contribution in [3.8, 4) is 5.75 Å². The number of ether oxygens (including phenoxy) is 1. The first-order chi connectivity index (χ1) is 8.54. The van der Waals surface area contributed by atoms with Crippen molar-refractivity contribution < 1.29 is 23.4 Å². The molecule has 4 nitrogen and oxygen atoms in total. The van der Waals surface area contributed by atoms with Crippen molar-refractivity contribution in [1.82, 2.24) is 5.32 Å². The molecule has 0 amide bonds. The number of carboxylic acid groups (broad SMARTS) is 1. The quantitative estimate of drug-likeness (QED) is 0.784. The zero-order valence-corrected chi connectivity index (χ0v) is 9.95. The van der Waals surface area contributed by atoms with Gasteiger partial charge < -0.3 is 15.2 Å². The fraction of sp³-hybridized carbons (Fsp3) is 0.417. The second-order valence-electron chi connectivity index (χ2n) is 3.66. The van der Waals surface area contributed by atoms with E-state index in [2.05, 4.69) is 5.32 Å². The van der Waals surface area contributed by atoms with E-state index in [1.807, 2.05) is 0 Å². The van der Waals surface area contributed by atoms with Gasteiger partial charge in [-0.1, -0.05) is 6.92 Å². The van der Waals surface area contributed by atoms with Crippen molar-refractivity contribution >= 4 is 5.97 Å². The topological polar surface area (TPSA) is 58.6 Å². The van der Waals surface area contributed by atoms with Crippen LogP contribution in [0.2, 0.25) is 0 Å². The van der Waals surface area contributed by atoms with Crippen LogP contribution in [0, 0.1) is 11.6 Å². The van der Waals surface area contributed by atoms with E-state index in [4.69, 9.17) is 9.84 Å². The lowest BCUT2D eigenvalue weighted by Gasteiger charge is -2.13. The zero-order valence-electron chi connectivity index (χ0n) is 9.95. The normalized spacial score (nSPS) is 12.2. The summed E-state index contributed by atoms with van der Waals surface area (Å²) in [7, 11) is 0. The summed E-state index contributed by atoms with van der Waals surface area (Å²) in [5.41, 5.74) is 0. The van der Waals surface area contributed by atoms with Gasteiger partial charge in [0.05, 0.1) is 6.61 Å². The minimum absolute atomic E-state index is 0.106. The first-order valence-electron chi connectivity index (χ1n) is 5.58. The van der Waals surface area contributed by atoms with E-state index >= 15 is 0 Å². The predicted molar refractivity (Wildman–Crippen MR) is 61.6 cm³/mol. The van der Waals surface area contributed by atoms with E-state index in [-0.39, 0.29) is 18.8 Å². The number of nitrogens with one attached hydrogen (secondary N) is 1. The zero-order chi connectivity index (χ0) is 13.5. The monoisotopic (exact) mass is 259 g/mol. The van der Waals surface area contributed by atoms with Crippen LogP contribution >= 0.6 is 0 Å². The Labute approximate surface area is 104 Å². The van der Waals surface area contributed by atoms with Crippen LogP contribution in [0.25, 0.3) is 0 Å². The number of hydrogen-bond donors (Lipinski definition) is 2. The number of carbonyl (C=O) groups is 1. The van der Waals surface area contributed by atoms with Gasteiger partial charge in [0, 0.05) is 12.5 Å². The summed E-state index contributed by atoms with van der Waals surface area (Å²) in [6, 6.07) is 2.48. The van der Waals surface area contributed by atoms with Gasteiger partial charge in [0.15, 0.2) is 11.6 Å². The highest BCUT2D eigenvalue weighted by molar-refractivity contribution is 5.73.